The summed E-state index contributed by atoms with van der Waals surface area (Å²) in [5, 5.41) is 3.70. The van der Waals surface area contributed by atoms with E-state index >= 15 is 0 Å². The number of carbonyl (C=O) groups is 1. The lowest BCUT2D eigenvalue weighted by molar-refractivity contribution is 0.100. The number of hydrogen-bond donors (Lipinski definition) is 2. The monoisotopic (exact) mass is 342 g/mol. The van der Waals surface area contributed by atoms with Crippen molar-refractivity contribution >= 4 is 39.1 Å². The van der Waals surface area contributed by atoms with E-state index in [1.807, 2.05) is 19.1 Å². The van der Waals surface area contributed by atoms with Crippen molar-refractivity contribution in [3.8, 4) is 0 Å². The predicted molar refractivity (Wildman–Crippen MR) is 78.4 cm³/mol. The average Bonchev–Trinajstić information content (AvgIpc) is 2.78. The van der Waals surface area contributed by atoms with E-state index in [1.165, 1.54) is 0 Å². The van der Waals surface area contributed by atoms with Crippen LogP contribution in [0.2, 0.25) is 5.02 Å². The Morgan fingerprint density at radius 1 is 1.42 bits per heavy atom. The van der Waals surface area contributed by atoms with Gasteiger partial charge in [0, 0.05) is 5.56 Å². The third kappa shape index (κ3) is 3.30. The highest BCUT2D eigenvalue weighted by Crippen LogP contribution is 2.28. The van der Waals surface area contributed by atoms with Gasteiger partial charge in [-0.15, -0.1) is 0 Å². The molecule has 3 N–H and O–H groups in total. The van der Waals surface area contributed by atoms with Crippen LogP contribution in [0.5, 0.6) is 0 Å². The average molecular weight is 344 g/mol. The van der Waals surface area contributed by atoms with E-state index in [9.17, 15) is 4.79 Å². The maximum Gasteiger partial charge on any atom is 0.248 e. The number of benzene rings is 1. The van der Waals surface area contributed by atoms with Crippen molar-refractivity contribution in [2.45, 2.75) is 13.0 Å². The molecule has 1 unspecified atom stereocenters. The molecule has 1 aromatic heterocycles. The number of carbonyl (C=O) groups excluding carboxylic acids is 1. The van der Waals surface area contributed by atoms with Crippen LogP contribution in [0.1, 0.15) is 29.1 Å². The molecule has 2 rings (SSSR count). The number of nitrogens with two attached hydrogens (primary N) is 1. The zero-order chi connectivity index (χ0) is 14.0. The third-order valence-electron chi connectivity index (χ3n) is 2.64. The molecule has 1 heterocycles. The molecule has 2 aromatic rings. The SMILES string of the molecule is CC(Nc1cc(C(N)=O)ccc1Cl)c1ccc(Br)o1. The highest BCUT2D eigenvalue weighted by Gasteiger charge is 2.12. The lowest BCUT2D eigenvalue weighted by atomic mass is 10.1. The Balaban J connectivity index is 2.22. The zero-order valence-electron chi connectivity index (χ0n) is 10.1. The molecule has 0 saturated heterocycles. The van der Waals surface area contributed by atoms with Crippen LogP contribution >= 0.6 is 27.5 Å². The molecule has 0 spiro atoms. The Morgan fingerprint density at radius 3 is 2.74 bits per heavy atom. The second kappa shape index (κ2) is 5.67. The first-order chi connectivity index (χ1) is 8.97. The highest BCUT2D eigenvalue weighted by atomic mass is 79.9. The maximum atomic E-state index is 11.2. The molecule has 4 nitrogen and oxygen atoms in total. The van der Waals surface area contributed by atoms with E-state index < -0.39 is 5.91 Å². The molecule has 0 fully saturated rings. The Hall–Kier alpha value is -1.46. The van der Waals surface area contributed by atoms with Crippen LogP contribution in [0.15, 0.2) is 39.4 Å². The fourth-order valence-electron chi connectivity index (χ4n) is 1.65. The van der Waals surface area contributed by atoms with Crippen molar-refractivity contribution in [3.63, 3.8) is 0 Å². The minimum Gasteiger partial charge on any atom is -0.452 e. The number of primary amides is 1. The van der Waals surface area contributed by atoms with Gasteiger partial charge in [-0.2, -0.15) is 0 Å². The van der Waals surface area contributed by atoms with Gasteiger partial charge in [-0.3, -0.25) is 4.79 Å². The summed E-state index contributed by atoms with van der Waals surface area (Å²) in [6.45, 7) is 1.93. The van der Waals surface area contributed by atoms with Crippen LogP contribution in [-0.4, -0.2) is 5.91 Å². The Morgan fingerprint density at radius 2 is 2.16 bits per heavy atom. The second-order valence-corrected chi connectivity index (χ2v) is 5.26. The summed E-state index contributed by atoms with van der Waals surface area (Å²) in [5.74, 6) is 0.264. The minimum absolute atomic E-state index is 0.0908. The van der Waals surface area contributed by atoms with E-state index in [4.69, 9.17) is 21.8 Å². The molecule has 100 valence electrons. The molecule has 0 aliphatic rings. The molecule has 6 heteroatoms. The lowest BCUT2D eigenvalue weighted by Crippen LogP contribution is -2.12. The van der Waals surface area contributed by atoms with Gasteiger partial charge in [0.15, 0.2) is 4.67 Å². The summed E-state index contributed by atoms with van der Waals surface area (Å²) in [6, 6.07) is 8.42. The normalized spacial score (nSPS) is 12.2. The number of anilines is 1. The molecule has 0 aliphatic heterocycles. The molecule has 1 atom stereocenters. The fourth-order valence-corrected chi connectivity index (χ4v) is 2.15. The first kappa shape index (κ1) is 14.0. The van der Waals surface area contributed by atoms with Gasteiger partial charge in [-0.25, -0.2) is 0 Å². The Kier molecular flexibility index (Phi) is 4.17. The van der Waals surface area contributed by atoms with Crippen LogP contribution in [0.4, 0.5) is 5.69 Å². The van der Waals surface area contributed by atoms with Crippen molar-refractivity contribution in [2.24, 2.45) is 5.73 Å². The molecule has 1 amide bonds. The summed E-state index contributed by atoms with van der Waals surface area (Å²) in [7, 11) is 0. The minimum atomic E-state index is -0.492. The number of halogens is 2. The quantitative estimate of drug-likeness (QED) is 0.882. The number of hydrogen-bond acceptors (Lipinski definition) is 3. The molecule has 0 radical (unpaired) electrons. The predicted octanol–water partition coefficient (Wildman–Crippen LogP) is 3.97. The van der Waals surface area contributed by atoms with Gasteiger partial charge < -0.3 is 15.5 Å². The molecule has 1 aromatic carbocycles. The van der Waals surface area contributed by atoms with E-state index in [0.29, 0.717) is 20.9 Å². The van der Waals surface area contributed by atoms with Crippen LogP contribution in [0.3, 0.4) is 0 Å². The number of rotatable bonds is 4. The lowest BCUT2D eigenvalue weighted by Gasteiger charge is -2.14. The van der Waals surface area contributed by atoms with Crippen molar-refractivity contribution in [3.05, 3.63) is 51.3 Å². The summed E-state index contributed by atoms with van der Waals surface area (Å²) >= 11 is 9.33. The zero-order valence-corrected chi connectivity index (χ0v) is 12.5. The van der Waals surface area contributed by atoms with Gasteiger partial charge in [-0.1, -0.05) is 11.6 Å². The molecular formula is C13H12BrClN2O2. The number of furan rings is 1. The maximum absolute atomic E-state index is 11.2. The van der Waals surface area contributed by atoms with Gasteiger partial charge in [0.05, 0.1) is 16.8 Å². The summed E-state index contributed by atoms with van der Waals surface area (Å²) < 4.78 is 6.11. The van der Waals surface area contributed by atoms with Gasteiger partial charge in [-0.05, 0) is 53.2 Å². The van der Waals surface area contributed by atoms with E-state index in [2.05, 4.69) is 21.2 Å². The molecule has 0 saturated carbocycles. The van der Waals surface area contributed by atoms with Gasteiger partial charge >= 0.3 is 0 Å². The van der Waals surface area contributed by atoms with E-state index in [0.717, 1.165) is 5.76 Å². The van der Waals surface area contributed by atoms with E-state index in [1.54, 1.807) is 18.2 Å². The molecule has 0 aliphatic carbocycles. The van der Waals surface area contributed by atoms with Crippen molar-refractivity contribution in [2.75, 3.05) is 5.32 Å². The van der Waals surface area contributed by atoms with Crippen LogP contribution < -0.4 is 11.1 Å². The topological polar surface area (TPSA) is 68.3 Å². The molecule has 19 heavy (non-hydrogen) atoms. The standard InChI is InChI=1S/C13H12BrClN2O2/c1-7(11-4-5-12(14)19-11)17-10-6-8(13(16)18)2-3-9(10)15/h2-7,17H,1H3,(H2,16,18). The Labute approximate surface area is 124 Å². The third-order valence-corrected chi connectivity index (χ3v) is 3.40. The molecular weight excluding hydrogens is 332 g/mol. The smallest absolute Gasteiger partial charge is 0.248 e. The van der Waals surface area contributed by atoms with E-state index in [-0.39, 0.29) is 6.04 Å². The second-order valence-electron chi connectivity index (χ2n) is 4.07. The van der Waals surface area contributed by atoms with Crippen LogP contribution in [0, 0.1) is 0 Å². The number of amides is 1. The number of nitrogens with one attached hydrogen (secondary N) is 1. The fraction of sp³-hybridized carbons (Fsp3) is 0.154. The summed E-state index contributed by atoms with van der Waals surface area (Å²) in [4.78, 5) is 11.2. The first-order valence-electron chi connectivity index (χ1n) is 5.58. The first-order valence-corrected chi connectivity index (χ1v) is 6.75. The van der Waals surface area contributed by atoms with Crippen LogP contribution in [-0.2, 0) is 0 Å². The van der Waals surface area contributed by atoms with Gasteiger partial charge in [0.2, 0.25) is 5.91 Å². The largest absolute Gasteiger partial charge is 0.452 e. The van der Waals surface area contributed by atoms with Crippen molar-refractivity contribution in [1.82, 2.24) is 0 Å². The summed E-state index contributed by atoms with van der Waals surface area (Å²) in [6.07, 6.45) is 0. The van der Waals surface area contributed by atoms with Crippen LogP contribution in [0.25, 0.3) is 0 Å². The van der Waals surface area contributed by atoms with Crippen molar-refractivity contribution in [1.29, 1.82) is 0 Å². The highest BCUT2D eigenvalue weighted by molar-refractivity contribution is 9.10. The van der Waals surface area contributed by atoms with Gasteiger partial charge in [0.1, 0.15) is 5.76 Å². The van der Waals surface area contributed by atoms with Crippen molar-refractivity contribution < 1.29 is 9.21 Å². The van der Waals surface area contributed by atoms with Gasteiger partial charge in [0.25, 0.3) is 0 Å². The molecule has 0 bridgehead atoms. The summed E-state index contributed by atoms with van der Waals surface area (Å²) in [5.41, 5.74) is 6.28. The Bertz CT molecular complexity index is 612.